The first-order chi connectivity index (χ1) is 10.6. The van der Waals surface area contributed by atoms with Gasteiger partial charge in [-0.25, -0.2) is 0 Å². The van der Waals surface area contributed by atoms with Gasteiger partial charge in [0.2, 0.25) is 11.7 Å². The van der Waals surface area contributed by atoms with E-state index in [1.807, 2.05) is 24.0 Å². The van der Waals surface area contributed by atoms with E-state index in [0.717, 1.165) is 30.6 Å². The van der Waals surface area contributed by atoms with Gasteiger partial charge < -0.3 is 14.7 Å². The molecule has 0 saturated carbocycles. The third kappa shape index (κ3) is 2.86. The fraction of sp³-hybridized carbons (Fsp3) is 0.312. The predicted molar refractivity (Wildman–Crippen MR) is 81.8 cm³/mol. The number of aryl methyl sites for hydroxylation is 1. The number of carbonyl (C=O) groups is 2. The monoisotopic (exact) mass is 299 g/mol. The number of amides is 2. The third-order valence-corrected chi connectivity index (χ3v) is 3.73. The fourth-order valence-electron chi connectivity index (χ4n) is 2.62. The Morgan fingerprint density at radius 1 is 1.32 bits per heavy atom. The summed E-state index contributed by atoms with van der Waals surface area (Å²) in [4.78, 5) is 25.7. The van der Waals surface area contributed by atoms with Crippen LogP contribution in [-0.2, 0) is 4.79 Å². The van der Waals surface area contributed by atoms with Crippen LogP contribution < -0.4 is 10.2 Å². The number of rotatable bonds is 3. The van der Waals surface area contributed by atoms with Gasteiger partial charge in [-0.2, -0.15) is 0 Å². The summed E-state index contributed by atoms with van der Waals surface area (Å²) in [5.41, 5.74) is 2.51. The molecule has 0 radical (unpaired) electrons. The molecular weight excluding hydrogens is 282 g/mol. The second kappa shape index (κ2) is 6.01. The van der Waals surface area contributed by atoms with Crippen molar-refractivity contribution < 1.29 is 14.1 Å². The second-order valence-corrected chi connectivity index (χ2v) is 5.33. The number of piperidine rings is 1. The quantitative estimate of drug-likeness (QED) is 0.945. The highest BCUT2D eigenvalue weighted by Crippen LogP contribution is 2.27. The number of nitrogens with zero attached hydrogens (tertiary/aromatic N) is 2. The molecule has 1 aliphatic rings. The Morgan fingerprint density at radius 2 is 2.18 bits per heavy atom. The van der Waals surface area contributed by atoms with Crippen molar-refractivity contribution in [1.29, 1.82) is 0 Å². The Balaban J connectivity index is 1.77. The summed E-state index contributed by atoms with van der Waals surface area (Å²) in [7, 11) is 0. The molecule has 2 amide bonds. The molecule has 1 aromatic carbocycles. The number of nitrogens with one attached hydrogen (secondary N) is 1. The van der Waals surface area contributed by atoms with Gasteiger partial charge in [0.1, 0.15) is 0 Å². The standard InChI is InChI=1S/C16H17N3O3/c1-11-10-12(18-16(21)14-7-8-17-22-14)5-6-13(11)19-9-3-2-4-15(19)20/h5-8,10H,2-4,9H2,1H3,(H,18,21). The predicted octanol–water partition coefficient (Wildman–Crippen LogP) is 2.75. The van der Waals surface area contributed by atoms with E-state index in [4.69, 9.17) is 4.52 Å². The Kier molecular flexibility index (Phi) is 3.91. The molecule has 6 heteroatoms. The van der Waals surface area contributed by atoms with Crippen LogP contribution >= 0.6 is 0 Å². The van der Waals surface area contributed by atoms with Crippen molar-refractivity contribution in [1.82, 2.24) is 5.16 Å². The SMILES string of the molecule is Cc1cc(NC(=O)c2ccno2)ccc1N1CCCCC1=O. The lowest BCUT2D eigenvalue weighted by Crippen LogP contribution is -2.35. The molecule has 1 fully saturated rings. The zero-order valence-corrected chi connectivity index (χ0v) is 12.3. The molecular formula is C16H17N3O3. The minimum Gasteiger partial charge on any atom is -0.351 e. The first-order valence-corrected chi connectivity index (χ1v) is 7.28. The second-order valence-electron chi connectivity index (χ2n) is 5.33. The van der Waals surface area contributed by atoms with Crippen LogP contribution in [0.25, 0.3) is 0 Å². The Hall–Kier alpha value is -2.63. The lowest BCUT2D eigenvalue weighted by molar-refractivity contribution is -0.119. The van der Waals surface area contributed by atoms with Gasteiger partial charge in [-0.1, -0.05) is 5.16 Å². The molecule has 1 saturated heterocycles. The summed E-state index contributed by atoms with van der Waals surface area (Å²) < 4.78 is 4.82. The lowest BCUT2D eigenvalue weighted by Gasteiger charge is -2.28. The van der Waals surface area contributed by atoms with Gasteiger partial charge >= 0.3 is 0 Å². The molecule has 0 atom stereocenters. The molecule has 0 unspecified atom stereocenters. The summed E-state index contributed by atoms with van der Waals surface area (Å²) in [6, 6.07) is 7.02. The number of hydrogen-bond acceptors (Lipinski definition) is 4. The van der Waals surface area contributed by atoms with E-state index in [2.05, 4.69) is 10.5 Å². The van der Waals surface area contributed by atoms with Gasteiger partial charge in [-0.05, 0) is 43.5 Å². The number of carbonyl (C=O) groups excluding carboxylic acids is 2. The Morgan fingerprint density at radius 3 is 2.86 bits per heavy atom. The fourth-order valence-corrected chi connectivity index (χ4v) is 2.62. The largest absolute Gasteiger partial charge is 0.351 e. The van der Waals surface area contributed by atoms with Gasteiger partial charge in [-0.3, -0.25) is 9.59 Å². The molecule has 0 bridgehead atoms. The van der Waals surface area contributed by atoms with E-state index < -0.39 is 0 Å². The topological polar surface area (TPSA) is 75.4 Å². The number of benzene rings is 1. The van der Waals surface area contributed by atoms with Crippen molar-refractivity contribution in [3.05, 3.63) is 41.8 Å². The third-order valence-electron chi connectivity index (χ3n) is 3.73. The normalized spacial score (nSPS) is 15.0. The number of hydrogen-bond donors (Lipinski definition) is 1. The summed E-state index contributed by atoms with van der Waals surface area (Å²) in [5, 5.41) is 6.26. The molecule has 114 valence electrons. The summed E-state index contributed by atoms with van der Waals surface area (Å²) in [6.45, 7) is 2.69. The molecule has 1 aliphatic heterocycles. The summed E-state index contributed by atoms with van der Waals surface area (Å²) in [5.74, 6) is -0.0283. The van der Waals surface area contributed by atoms with Gasteiger partial charge in [-0.15, -0.1) is 0 Å². The van der Waals surface area contributed by atoms with Crippen molar-refractivity contribution in [2.75, 3.05) is 16.8 Å². The van der Waals surface area contributed by atoms with Gasteiger partial charge in [0, 0.05) is 30.4 Å². The maximum Gasteiger partial charge on any atom is 0.294 e. The van der Waals surface area contributed by atoms with Crippen molar-refractivity contribution >= 4 is 23.2 Å². The van der Waals surface area contributed by atoms with E-state index >= 15 is 0 Å². The van der Waals surface area contributed by atoms with E-state index in [1.165, 1.54) is 12.3 Å². The zero-order chi connectivity index (χ0) is 15.5. The van der Waals surface area contributed by atoms with Crippen LogP contribution in [0.2, 0.25) is 0 Å². The van der Waals surface area contributed by atoms with Gasteiger partial charge in [0.15, 0.2) is 0 Å². The minimum absolute atomic E-state index is 0.160. The average molecular weight is 299 g/mol. The number of aromatic nitrogens is 1. The highest BCUT2D eigenvalue weighted by Gasteiger charge is 2.21. The molecule has 2 aromatic rings. The van der Waals surface area contributed by atoms with Crippen molar-refractivity contribution in [3.8, 4) is 0 Å². The van der Waals surface area contributed by atoms with Crippen LogP contribution in [-0.4, -0.2) is 23.5 Å². The first kappa shape index (κ1) is 14.3. The van der Waals surface area contributed by atoms with Crippen LogP contribution in [0.15, 0.2) is 35.0 Å². The molecule has 2 heterocycles. The molecule has 3 rings (SSSR count). The molecule has 6 nitrogen and oxygen atoms in total. The highest BCUT2D eigenvalue weighted by molar-refractivity contribution is 6.02. The molecule has 0 spiro atoms. The molecule has 0 aliphatic carbocycles. The van der Waals surface area contributed by atoms with Crippen LogP contribution in [0.1, 0.15) is 35.4 Å². The molecule has 22 heavy (non-hydrogen) atoms. The summed E-state index contributed by atoms with van der Waals surface area (Å²) >= 11 is 0. The van der Waals surface area contributed by atoms with Gasteiger partial charge in [0.05, 0.1) is 6.20 Å². The minimum atomic E-state index is -0.348. The van der Waals surface area contributed by atoms with Crippen LogP contribution in [0.4, 0.5) is 11.4 Å². The van der Waals surface area contributed by atoms with Crippen molar-refractivity contribution in [2.45, 2.75) is 26.2 Å². The summed E-state index contributed by atoms with van der Waals surface area (Å²) in [6.07, 6.45) is 4.00. The van der Waals surface area contributed by atoms with Crippen LogP contribution in [0.3, 0.4) is 0 Å². The first-order valence-electron chi connectivity index (χ1n) is 7.28. The van der Waals surface area contributed by atoms with Crippen molar-refractivity contribution in [3.63, 3.8) is 0 Å². The van der Waals surface area contributed by atoms with E-state index in [1.54, 1.807) is 6.07 Å². The highest BCUT2D eigenvalue weighted by atomic mass is 16.5. The maximum absolute atomic E-state index is 12.0. The number of anilines is 2. The maximum atomic E-state index is 12.0. The van der Waals surface area contributed by atoms with E-state index in [-0.39, 0.29) is 17.6 Å². The van der Waals surface area contributed by atoms with Crippen LogP contribution in [0, 0.1) is 6.92 Å². The van der Waals surface area contributed by atoms with Crippen LogP contribution in [0.5, 0.6) is 0 Å². The van der Waals surface area contributed by atoms with Crippen molar-refractivity contribution in [2.24, 2.45) is 0 Å². The zero-order valence-electron chi connectivity index (χ0n) is 12.3. The molecule has 1 aromatic heterocycles. The Bertz CT molecular complexity index is 695. The smallest absolute Gasteiger partial charge is 0.294 e. The van der Waals surface area contributed by atoms with E-state index in [0.29, 0.717) is 12.1 Å². The lowest BCUT2D eigenvalue weighted by atomic mass is 10.1. The average Bonchev–Trinajstić information content (AvgIpc) is 3.03. The Labute approximate surface area is 128 Å². The van der Waals surface area contributed by atoms with E-state index in [9.17, 15) is 9.59 Å². The van der Waals surface area contributed by atoms with Gasteiger partial charge in [0.25, 0.3) is 5.91 Å². The molecule has 1 N–H and O–H groups in total.